The van der Waals surface area contributed by atoms with E-state index in [1.165, 1.54) is 18.4 Å². The van der Waals surface area contributed by atoms with E-state index in [1.807, 2.05) is 12.1 Å². The molecule has 1 aromatic carbocycles. The van der Waals surface area contributed by atoms with Gasteiger partial charge < -0.3 is 0 Å². The van der Waals surface area contributed by atoms with Gasteiger partial charge in [-0.05, 0) is 42.4 Å². The topological polar surface area (TPSA) is 17.1 Å². The van der Waals surface area contributed by atoms with Crippen molar-refractivity contribution in [2.45, 2.75) is 31.6 Å². The van der Waals surface area contributed by atoms with Gasteiger partial charge >= 0.3 is 0 Å². The highest BCUT2D eigenvalue weighted by Gasteiger charge is 2.43. The minimum atomic E-state index is 0.279. The molecule has 0 amide bonds. The maximum Gasteiger partial charge on any atom is 0.150 e. The average Bonchev–Trinajstić information content (AvgIpc) is 2.98. The van der Waals surface area contributed by atoms with Crippen molar-refractivity contribution in [2.24, 2.45) is 0 Å². The van der Waals surface area contributed by atoms with E-state index in [2.05, 4.69) is 6.92 Å². The third-order valence-electron chi connectivity index (χ3n) is 3.24. The van der Waals surface area contributed by atoms with Crippen molar-refractivity contribution >= 4 is 17.9 Å². The Labute approximate surface area is 89.1 Å². The molecule has 1 fully saturated rings. The largest absolute Gasteiger partial charge is 0.298 e. The highest BCUT2D eigenvalue weighted by atomic mass is 35.5. The number of rotatable bonds is 3. The van der Waals surface area contributed by atoms with Crippen LogP contribution >= 0.6 is 11.6 Å². The Morgan fingerprint density at radius 1 is 1.50 bits per heavy atom. The van der Waals surface area contributed by atoms with E-state index in [0.29, 0.717) is 5.02 Å². The minimum absolute atomic E-state index is 0.279. The summed E-state index contributed by atoms with van der Waals surface area (Å²) in [6.45, 7) is 2.18. The Kier molecular flexibility index (Phi) is 2.36. The normalized spacial score (nSPS) is 17.9. The molecule has 0 heterocycles. The van der Waals surface area contributed by atoms with Gasteiger partial charge in [0.2, 0.25) is 0 Å². The second kappa shape index (κ2) is 3.39. The molecule has 0 atom stereocenters. The summed E-state index contributed by atoms with van der Waals surface area (Å²) in [4.78, 5) is 10.9. The first-order valence-corrected chi connectivity index (χ1v) is 5.35. The van der Waals surface area contributed by atoms with Gasteiger partial charge in [0.1, 0.15) is 6.29 Å². The maximum absolute atomic E-state index is 10.9. The summed E-state index contributed by atoms with van der Waals surface area (Å²) >= 11 is 5.85. The van der Waals surface area contributed by atoms with Crippen LogP contribution in [0.4, 0.5) is 0 Å². The zero-order valence-electron chi connectivity index (χ0n) is 8.22. The number of halogens is 1. The van der Waals surface area contributed by atoms with E-state index in [0.717, 1.165) is 18.3 Å². The van der Waals surface area contributed by atoms with Crippen LogP contribution in [-0.4, -0.2) is 6.29 Å². The van der Waals surface area contributed by atoms with Crippen molar-refractivity contribution < 1.29 is 4.79 Å². The van der Waals surface area contributed by atoms with Crippen LogP contribution in [0.2, 0.25) is 5.02 Å². The van der Waals surface area contributed by atoms with E-state index < -0.39 is 0 Å². The SMILES string of the molecule is CCC1(c2ccc(Cl)cc2C=O)CC1. The van der Waals surface area contributed by atoms with Crippen molar-refractivity contribution in [3.05, 3.63) is 34.3 Å². The second-order valence-corrected chi connectivity index (χ2v) is 4.42. The highest BCUT2D eigenvalue weighted by Crippen LogP contribution is 2.51. The van der Waals surface area contributed by atoms with Crippen LogP contribution in [0.15, 0.2) is 18.2 Å². The lowest BCUT2D eigenvalue weighted by Gasteiger charge is -2.15. The number of aldehydes is 1. The molecule has 74 valence electrons. The van der Waals surface area contributed by atoms with E-state index >= 15 is 0 Å². The molecule has 1 aliphatic rings. The molecule has 0 spiro atoms. The molecule has 1 nitrogen and oxygen atoms in total. The van der Waals surface area contributed by atoms with E-state index in [4.69, 9.17) is 11.6 Å². The minimum Gasteiger partial charge on any atom is -0.298 e. The number of benzene rings is 1. The highest BCUT2D eigenvalue weighted by molar-refractivity contribution is 6.30. The molecule has 0 radical (unpaired) electrons. The van der Waals surface area contributed by atoms with Crippen molar-refractivity contribution in [1.82, 2.24) is 0 Å². The summed E-state index contributed by atoms with van der Waals surface area (Å²) in [7, 11) is 0. The Bertz CT molecular complexity index is 367. The van der Waals surface area contributed by atoms with E-state index in [1.54, 1.807) is 6.07 Å². The predicted molar refractivity (Wildman–Crippen MR) is 58.0 cm³/mol. The van der Waals surface area contributed by atoms with Gasteiger partial charge in [-0.2, -0.15) is 0 Å². The van der Waals surface area contributed by atoms with E-state index in [-0.39, 0.29) is 5.41 Å². The molecule has 0 bridgehead atoms. The third kappa shape index (κ3) is 1.46. The number of carbonyl (C=O) groups excluding carboxylic acids is 1. The molecule has 0 aromatic heterocycles. The molecule has 2 heteroatoms. The first-order chi connectivity index (χ1) is 6.72. The quantitative estimate of drug-likeness (QED) is 0.694. The summed E-state index contributed by atoms with van der Waals surface area (Å²) in [5.74, 6) is 0. The fourth-order valence-corrected chi connectivity index (χ4v) is 2.26. The zero-order chi connectivity index (χ0) is 10.2. The lowest BCUT2D eigenvalue weighted by Crippen LogP contribution is -2.07. The van der Waals surface area contributed by atoms with Gasteiger partial charge in [0.05, 0.1) is 0 Å². The van der Waals surface area contributed by atoms with Crippen molar-refractivity contribution in [1.29, 1.82) is 0 Å². The molecular formula is C12H13ClO. The molecule has 1 aromatic rings. The molecule has 1 aliphatic carbocycles. The van der Waals surface area contributed by atoms with Crippen LogP contribution in [0.5, 0.6) is 0 Å². The Morgan fingerprint density at radius 2 is 2.21 bits per heavy atom. The van der Waals surface area contributed by atoms with Crippen LogP contribution in [-0.2, 0) is 5.41 Å². The van der Waals surface area contributed by atoms with Gasteiger partial charge in [0.25, 0.3) is 0 Å². The molecule has 0 N–H and O–H groups in total. The van der Waals surface area contributed by atoms with Crippen molar-refractivity contribution in [2.75, 3.05) is 0 Å². The monoisotopic (exact) mass is 208 g/mol. The third-order valence-corrected chi connectivity index (χ3v) is 3.48. The van der Waals surface area contributed by atoms with Crippen molar-refractivity contribution in [3.8, 4) is 0 Å². The van der Waals surface area contributed by atoms with E-state index in [9.17, 15) is 4.79 Å². The smallest absolute Gasteiger partial charge is 0.150 e. The van der Waals surface area contributed by atoms with Crippen LogP contribution in [0.3, 0.4) is 0 Å². The lowest BCUT2D eigenvalue weighted by molar-refractivity contribution is 0.112. The summed E-state index contributed by atoms with van der Waals surface area (Å²) < 4.78 is 0. The first kappa shape index (κ1) is 9.72. The average molecular weight is 209 g/mol. The van der Waals surface area contributed by atoms with Crippen LogP contribution in [0, 0.1) is 0 Å². The molecule has 1 saturated carbocycles. The number of hydrogen-bond acceptors (Lipinski definition) is 1. The van der Waals surface area contributed by atoms with Crippen molar-refractivity contribution in [3.63, 3.8) is 0 Å². The molecule has 0 saturated heterocycles. The maximum atomic E-state index is 10.9. The summed E-state index contributed by atoms with van der Waals surface area (Å²) in [6, 6.07) is 5.64. The van der Waals surface area contributed by atoms with Crippen LogP contribution in [0.25, 0.3) is 0 Å². The lowest BCUT2D eigenvalue weighted by atomic mass is 9.89. The number of hydrogen-bond donors (Lipinski definition) is 0. The summed E-state index contributed by atoms with van der Waals surface area (Å²) in [6.07, 6.45) is 4.42. The fraction of sp³-hybridized carbons (Fsp3) is 0.417. The first-order valence-electron chi connectivity index (χ1n) is 4.97. The molecule has 0 aliphatic heterocycles. The van der Waals surface area contributed by atoms with Gasteiger partial charge in [0.15, 0.2) is 0 Å². The molecule has 0 unspecified atom stereocenters. The molecule has 14 heavy (non-hydrogen) atoms. The second-order valence-electron chi connectivity index (χ2n) is 3.98. The predicted octanol–water partition coefficient (Wildman–Crippen LogP) is 3.59. The number of carbonyl (C=O) groups is 1. The van der Waals surface area contributed by atoms with Gasteiger partial charge in [-0.15, -0.1) is 0 Å². The Morgan fingerprint density at radius 3 is 2.71 bits per heavy atom. The Balaban J connectivity index is 2.47. The zero-order valence-corrected chi connectivity index (χ0v) is 8.97. The molecule has 2 rings (SSSR count). The standard InChI is InChI=1S/C12H13ClO/c1-2-12(5-6-12)11-4-3-10(13)7-9(11)8-14/h3-4,7-8H,2,5-6H2,1H3. The molecular weight excluding hydrogens is 196 g/mol. The summed E-state index contributed by atoms with van der Waals surface area (Å²) in [5.41, 5.74) is 2.22. The fourth-order valence-electron chi connectivity index (χ4n) is 2.08. The van der Waals surface area contributed by atoms with Gasteiger partial charge in [-0.1, -0.05) is 24.6 Å². The Hall–Kier alpha value is -0.820. The summed E-state index contributed by atoms with van der Waals surface area (Å²) in [5, 5.41) is 0.641. The van der Waals surface area contributed by atoms with Gasteiger partial charge in [0, 0.05) is 10.6 Å². The van der Waals surface area contributed by atoms with Crippen LogP contribution < -0.4 is 0 Å². The van der Waals surface area contributed by atoms with Gasteiger partial charge in [-0.25, -0.2) is 0 Å². The van der Waals surface area contributed by atoms with Crippen LogP contribution in [0.1, 0.15) is 42.1 Å². The van der Waals surface area contributed by atoms with Gasteiger partial charge in [-0.3, -0.25) is 4.79 Å².